The Morgan fingerprint density at radius 2 is 1.88 bits per heavy atom. The Morgan fingerprint density at radius 3 is 2.58 bits per heavy atom. The second-order valence-electron chi connectivity index (χ2n) is 7.51. The van der Waals surface area contributed by atoms with Crippen LogP contribution in [-0.2, 0) is 4.79 Å². The smallest absolute Gasteiger partial charge is 0.223 e. The molecule has 0 aromatic carbocycles. The highest BCUT2D eigenvalue weighted by atomic mass is 127. The first-order valence-corrected chi connectivity index (χ1v) is 10.2. The molecule has 1 unspecified atom stereocenters. The molecular weight excluding hydrogens is 441 g/mol. The Kier molecular flexibility index (Phi) is 12.3. The van der Waals surface area contributed by atoms with E-state index in [0.717, 1.165) is 50.8 Å². The predicted molar refractivity (Wildman–Crippen MR) is 119 cm³/mol. The van der Waals surface area contributed by atoms with E-state index in [4.69, 9.17) is 0 Å². The summed E-state index contributed by atoms with van der Waals surface area (Å²) in [4.78, 5) is 18.8. The molecule has 152 valence electrons. The van der Waals surface area contributed by atoms with Gasteiger partial charge in [0.15, 0.2) is 5.96 Å². The molecule has 6 nitrogen and oxygen atoms in total. The van der Waals surface area contributed by atoms with Crippen LogP contribution >= 0.6 is 24.0 Å². The summed E-state index contributed by atoms with van der Waals surface area (Å²) < 4.78 is 0. The van der Waals surface area contributed by atoms with Crippen molar-refractivity contribution >= 4 is 35.8 Å². The number of likely N-dealkylation sites (tertiary alicyclic amines) is 1. The van der Waals surface area contributed by atoms with Gasteiger partial charge in [0.2, 0.25) is 5.91 Å². The molecule has 26 heavy (non-hydrogen) atoms. The van der Waals surface area contributed by atoms with Gasteiger partial charge in [0, 0.05) is 38.6 Å². The van der Waals surface area contributed by atoms with Gasteiger partial charge in [0.05, 0.1) is 0 Å². The fraction of sp³-hybridized carbons (Fsp3) is 0.895. The van der Waals surface area contributed by atoms with E-state index < -0.39 is 0 Å². The Labute approximate surface area is 176 Å². The third-order valence-electron chi connectivity index (χ3n) is 4.90. The van der Waals surface area contributed by atoms with Gasteiger partial charge in [0.25, 0.3) is 0 Å². The molecule has 2 fully saturated rings. The number of nitrogens with zero attached hydrogens (tertiary/aromatic N) is 2. The number of hydrogen-bond acceptors (Lipinski definition) is 3. The third-order valence-corrected chi connectivity index (χ3v) is 4.90. The zero-order chi connectivity index (χ0) is 17.9. The topological polar surface area (TPSA) is 68.8 Å². The number of piperidine rings is 1. The fourth-order valence-electron chi connectivity index (χ4n) is 3.33. The molecule has 1 atom stereocenters. The molecule has 0 aromatic heterocycles. The van der Waals surface area contributed by atoms with Crippen molar-refractivity contribution in [3.8, 4) is 0 Å². The number of unbranched alkanes of at least 4 members (excludes halogenated alkanes) is 1. The minimum Gasteiger partial charge on any atom is -0.357 e. The van der Waals surface area contributed by atoms with Gasteiger partial charge >= 0.3 is 0 Å². The Hall–Kier alpha value is -0.570. The summed E-state index contributed by atoms with van der Waals surface area (Å²) in [6.45, 7) is 11.3. The lowest BCUT2D eigenvalue weighted by Crippen LogP contribution is -2.41. The van der Waals surface area contributed by atoms with Crippen LogP contribution in [0.5, 0.6) is 0 Å². The van der Waals surface area contributed by atoms with Gasteiger partial charge in [-0.05, 0) is 64.5 Å². The molecule has 2 aliphatic rings. The molecule has 1 saturated heterocycles. The first-order valence-electron chi connectivity index (χ1n) is 10.2. The zero-order valence-corrected chi connectivity index (χ0v) is 18.9. The fourth-order valence-corrected chi connectivity index (χ4v) is 3.33. The van der Waals surface area contributed by atoms with Crippen LogP contribution in [0.2, 0.25) is 0 Å². The molecule has 1 aliphatic carbocycles. The summed E-state index contributed by atoms with van der Waals surface area (Å²) in [6.07, 6.45) is 7.19. The molecule has 0 spiro atoms. The highest BCUT2D eigenvalue weighted by Gasteiger charge is 2.28. The van der Waals surface area contributed by atoms with Crippen molar-refractivity contribution in [2.45, 2.75) is 52.4 Å². The minimum absolute atomic E-state index is 0. The van der Waals surface area contributed by atoms with Crippen LogP contribution in [0.25, 0.3) is 0 Å². The lowest BCUT2D eigenvalue weighted by atomic mass is 10.0. The van der Waals surface area contributed by atoms with E-state index in [0.29, 0.717) is 6.54 Å². The molecule has 3 N–H and O–H groups in total. The summed E-state index contributed by atoms with van der Waals surface area (Å²) in [5, 5.41) is 9.53. The van der Waals surface area contributed by atoms with E-state index in [1.54, 1.807) is 0 Å². The number of carbonyl (C=O) groups is 1. The lowest BCUT2D eigenvalue weighted by molar-refractivity contribution is -0.122. The molecular formula is C19H38IN5O. The Morgan fingerprint density at radius 1 is 1.12 bits per heavy atom. The van der Waals surface area contributed by atoms with Crippen molar-refractivity contribution < 1.29 is 4.79 Å². The first kappa shape index (κ1) is 23.5. The number of amides is 1. The molecule has 0 bridgehead atoms. The van der Waals surface area contributed by atoms with Crippen LogP contribution in [0.1, 0.15) is 52.4 Å². The van der Waals surface area contributed by atoms with Gasteiger partial charge in [-0.15, -0.1) is 24.0 Å². The van der Waals surface area contributed by atoms with E-state index in [1.165, 1.54) is 38.9 Å². The maximum atomic E-state index is 11.6. The van der Waals surface area contributed by atoms with Gasteiger partial charge < -0.3 is 20.9 Å². The van der Waals surface area contributed by atoms with Crippen molar-refractivity contribution in [1.82, 2.24) is 20.9 Å². The van der Waals surface area contributed by atoms with Gasteiger partial charge in [-0.25, -0.2) is 0 Å². The Bertz CT molecular complexity index is 428. The average molecular weight is 479 g/mol. The second kappa shape index (κ2) is 13.6. The predicted octanol–water partition coefficient (Wildman–Crippen LogP) is 2.20. The van der Waals surface area contributed by atoms with Crippen LogP contribution in [0.3, 0.4) is 0 Å². The highest BCUT2D eigenvalue weighted by Crippen LogP contribution is 2.28. The monoisotopic (exact) mass is 479 g/mol. The van der Waals surface area contributed by atoms with Crippen LogP contribution in [0.15, 0.2) is 4.99 Å². The van der Waals surface area contributed by atoms with E-state index in [9.17, 15) is 4.79 Å². The molecule has 2 rings (SSSR count). The van der Waals surface area contributed by atoms with Crippen molar-refractivity contribution in [3.05, 3.63) is 0 Å². The number of aliphatic imine (C=N–C) groups is 1. The summed E-state index contributed by atoms with van der Waals surface area (Å²) in [7, 11) is 0. The zero-order valence-electron chi connectivity index (χ0n) is 16.6. The number of rotatable bonds is 10. The number of guanidine groups is 1. The summed E-state index contributed by atoms with van der Waals surface area (Å²) in [5.41, 5.74) is 0. The molecule has 1 heterocycles. The van der Waals surface area contributed by atoms with Crippen molar-refractivity contribution in [1.29, 1.82) is 0 Å². The van der Waals surface area contributed by atoms with Crippen LogP contribution in [-0.4, -0.2) is 62.6 Å². The normalized spacial score (nSPS) is 21.0. The number of hydrogen-bond donors (Lipinski definition) is 3. The average Bonchev–Trinajstić information content (AvgIpc) is 3.43. The van der Waals surface area contributed by atoms with E-state index in [2.05, 4.69) is 39.7 Å². The van der Waals surface area contributed by atoms with Gasteiger partial charge in [-0.1, -0.05) is 6.92 Å². The largest absolute Gasteiger partial charge is 0.357 e. The van der Waals surface area contributed by atoms with Crippen LogP contribution < -0.4 is 16.0 Å². The molecule has 7 heteroatoms. The van der Waals surface area contributed by atoms with Gasteiger partial charge in [-0.3, -0.25) is 9.79 Å². The molecule has 1 amide bonds. The summed E-state index contributed by atoms with van der Waals surface area (Å²) in [5.74, 6) is 2.20. The molecule has 0 radical (unpaired) electrons. The van der Waals surface area contributed by atoms with Crippen LogP contribution in [0, 0.1) is 11.8 Å². The number of nitrogens with one attached hydrogen (secondary N) is 3. The summed E-state index contributed by atoms with van der Waals surface area (Å²) >= 11 is 0. The molecule has 1 saturated carbocycles. The minimum atomic E-state index is 0. The van der Waals surface area contributed by atoms with Crippen molar-refractivity contribution in [3.63, 3.8) is 0 Å². The quantitative estimate of drug-likeness (QED) is 0.195. The first-order chi connectivity index (χ1) is 12.2. The van der Waals surface area contributed by atoms with Gasteiger partial charge in [-0.2, -0.15) is 0 Å². The number of carbonyl (C=O) groups excluding carboxylic acids is 1. The number of halogens is 1. The van der Waals surface area contributed by atoms with E-state index in [-0.39, 0.29) is 35.8 Å². The van der Waals surface area contributed by atoms with Crippen molar-refractivity contribution in [2.75, 3.05) is 45.8 Å². The standard InChI is InChI=1S/C19H37N5O.HI/c1-3-20-19(23-12-11-21-18(25)17-8-9-17)22-10-4-5-13-24-14-6-7-16(2)15-24;/h16-17H,3-15H2,1-2H3,(H,21,25)(H2,20,22,23);1H. The maximum Gasteiger partial charge on any atom is 0.223 e. The highest BCUT2D eigenvalue weighted by molar-refractivity contribution is 14.0. The summed E-state index contributed by atoms with van der Waals surface area (Å²) in [6, 6.07) is 0. The SMILES string of the molecule is CCNC(=NCCCCN1CCCC(C)C1)NCCNC(=O)C1CC1.I. The third kappa shape index (κ3) is 9.94. The van der Waals surface area contributed by atoms with E-state index >= 15 is 0 Å². The lowest BCUT2D eigenvalue weighted by Gasteiger charge is -2.30. The molecule has 1 aliphatic heterocycles. The van der Waals surface area contributed by atoms with Crippen molar-refractivity contribution in [2.24, 2.45) is 16.8 Å². The molecule has 0 aromatic rings. The maximum absolute atomic E-state index is 11.6. The van der Waals surface area contributed by atoms with Crippen LogP contribution in [0.4, 0.5) is 0 Å². The Balaban J connectivity index is 0.00000338. The second-order valence-corrected chi connectivity index (χ2v) is 7.51. The van der Waals surface area contributed by atoms with Gasteiger partial charge in [0.1, 0.15) is 0 Å². The van der Waals surface area contributed by atoms with E-state index in [1.807, 2.05) is 0 Å².